The topological polar surface area (TPSA) is 15.3 Å². The zero-order chi connectivity index (χ0) is 14.1. The Kier molecular flexibility index (Phi) is 3.91. The summed E-state index contributed by atoms with van der Waals surface area (Å²) >= 11 is 0. The van der Waals surface area contributed by atoms with Gasteiger partial charge < -0.3 is 10.2 Å². The van der Waals surface area contributed by atoms with Crippen molar-refractivity contribution >= 4 is 5.69 Å². The molecule has 106 valence electrons. The van der Waals surface area contributed by atoms with E-state index in [-0.39, 0.29) is 11.1 Å². The fraction of sp³-hybridized carbons (Fsp3) is 0.647. The van der Waals surface area contributed by atoms with Crippen LogP contribution in [0.3, 0.4) is 0 Å². The average molecular weight is 260 g/mol. The summed E-state index contributed by atoms with van der Waals surface area (Å²) in [4.78, 5) is 2.60. The van der Waals surface area contributed by atoms with Crippen molar-refractivity contribution in [2.24, 2.45) is 0 Å². The second-order valence-corrected chi connectivity index (χ2v) is 6.94. The molecule has 1 aliphatic rings. The van der Waals surface area contributed by atoms with Gasteiger partial charge in [0.2, 0.25) is 0 Å². The van der Waals surface area contributed by atoms with Gasteiger partial charge in [0, 0.05) is 23.3 Å². The Hall–Kier alpha value is -1.02. The quantitative estimate of drug-likeness (QED) is 0.874. The molecule has 0 unspecified atom stereocenters. The first-order chi connectivity index (χ1) is 8.86. The molecule has 1 aliphatic heterocycles. The van der Waals surface area contributed by atoms with Gasteiger partial charge in [0.1, 0.15) is 0 Å². The lowest BCUT2D eigenvalue weighted by Gasteiger charge is -2.42. The van der Waals surface area contributed by atoms with Crippen LogP contribution in [0.4, 0.5) is 5.69 Å². The zero-order valence-electron chi connectivity index (χ0n) is 13.1. The molecule has 1 saturated heterocycles. The number of aryl methyl sites for hydroxylation is 1. The van der Waals surface area contributed by atoms with Crippen molar-refractivity contribution in [2.75, 3.05) is 18.0 Å². The highest BCUT2D eigenvalue weighted by Gasteiger charge is 2.35. The van der Waals surface area contributed by atoms with E-state index in [4.69, 9.17) is 0 Å². The van der Waals surface area contributed by atoms with Crippen LogP contribution < -0.4 is 10.2 Å². The van der Waals surface area contributed by atoms with Crippen LogP contribution in [0.5, 0.6) is 0 Å². The number of benzene rings is 1. The summed E-state index contributed by atoms with van der Waals surface area (Å²) in [5.41, 5.74) is 3.22. The number of nitrogens with one attached hydrogen (secondary N) is 1. The molecular formula is C17H28N2. The summed E-state index contributed by atoms with van der Waals surface area (Å²) in [5, 5.41) is 3.67. The van der Waals surface area contributed by atoms with E-state index in [1.54, 1.807) is 0 Å². The molecule has 0 spiro atoms. The van der Waals surface area contributed by atoms with Gasteiger partial charge in [0.15, 0.2) is 0 Å². The molecule has 0 radical (unpaired) electrons. The lowest BCUT2D eigenvalue weighted by molar-refractivity contribution is 0.409. The predicted molar refractivity (Wildman–Crippen MR) is 83.9 cm³/mol. The lowest BCUT2D eigenvalue weighted by Crippen LogP contribution is -2.51. The van der Waals surface area contributed by atoms with Crippen LogP contribution in [-0.2, 0) is 6.42 Å². The van der Waals surface area contributed by atoms with Crippen LogP contribution in [0.25, 0.3) is 0 Å². The summed E-state index contributed by atoms with van der Waals surface area (Å²) in [7, 11) is 0. The van der Waals surface area contributed by atoms with Crippen molar-refractivity contribution in [2.45, 2.75) is 58.5 Å². The number of nitrogens with zero attached hydrogens (tertiary/aromatic N) is 1. The molecule has 1 aromatic carbocycles. The Bertz CT molecular complexity index is 435. The first-order valence-electron chi connectivity index (χ1n) is 7.46. The third-order valence-electron chi connectivity index (χ3n) is 4.29. The second-order valence-electron chi connectivity index (χ2n) is 6.94. The van der Waals surface area contributed by atoms with E-state index >= 15 is 0 Å². The molecule has 2 nitrogen and oxygen atoms in total. The summed E-state index contributed by atoms with van der Waals surface area (Å²) in [5.74, 6) is 0. The third kappa shape index (κ3) is 3.11. The maximum Gasteiger partial charge on any atom is 0.0403 e. The van der Waals surface area contributed by atoms with Gasteiger partial charge in [0.25, 0.3) is 0 Å². The second kappa shape index (κ2) is 5.16. The molecule has 0 saturated carbocycles. The minimum atomic E-state index is 0.161. The van der Waals surface area contributed by atoms with Gasteiger partial charge in [-0.2, -0.15) is 0 Å². The molecule has 0 aromatic heterocycles. The highest BCUT2D eigenvalue weighted by molar-refractivity contribution is 5.56. The maximum atomic E-state index is 3.67. The Balaban J connectivity index is 2.43. The standard InChI is InChI=1S/C17H28N2/c1-6-14-9-7-8-10-15(14)19-13-16(2,3)18-12-11-17(19,4)5/h7-10,18H,6,11-13H2,1-5H3. The molecular weight excluding hydrogens is 232 g/mol. The van der Waals surface area contributed by atoms with Gasteiger partial charge in [-0.15, -0.1) is 0 Å². The Morgan fingerprint density at radius 1 is 1.16 bits per heavy atom. The maximum absolute atomic E-state index is 3.67. The SMILES string of the molecule is CCc1ccccc1N1CC(C)(C)NCCC1(C)C. The minimum Gasteiger partial charge on any atom is -0.364 e. The number of anilines is 1. The van der Waals surface area contributed by atoms with Crippen LogP contribution in [-0.4, -0.2) is 24.2 Å². The fourth-order valence-electron chi connectivity index (χ4n) is 2.99. The summed E-state index contributed by atoms with van der Waals surface area (Å²) in [6.07, 6.45) is 2.27. The van der Waals surface area contributed by atoms with Crippen LogP contribution in [0.15, 0.2) is 24.3 Å². The summed E-state index contributed by atoms with van der Waals surface area (Å²) in [6, 6.07) is 8.85. The van der Waals surface area contributed by atoms with Crippen molar-refractivity contribution in [1.29, 1.82) is 0 Å². The van der Waals surface area contributed by atoms with Crippen LogP contribution in [0.1, 0.15) is 46.6 Å². The molecule has 1 N–H and O–H groups in total. The molecule has 0 bridgehead atoms. The molecule has 0 atom stereocenters. The number of hydrogen-bond acceptors (Lipinski definition) is 2. The largest absolute Gasteiger partial charge is 0.364 e. The van der Waals surface area contributed by atoms with Gasteiger partial charge in [-0.3, -0.25) is 0 Å². The molecule has 1 fully saturated rings. The molecule has 1 heterocycles. The number of rotatable bonds is 2. The third-order valence-corrected chi connectivity index (χ3v) is 4.29. The average Bonchev–Trinajstić information content (AvgIpc) is 2.45. The zero-order valence-corrected chi connectivity index (χ0v) is 13.1. The minimum absolute atomic E-state index is 0.161. The van der Waals surface area contributed by atoms with E-state index in [2.05, 4.69) is 69.1 Å². The molecule has 0 aliphatic carbocycles. The van der Waals surface area contributed by atoms with E-state index in [0.29, 0.717) is 0 Å². The van der Waals surface area contributed by atoms with Crippen molar-refractivity contribution in [3.8, 4) is 0 Å². The molecule has 2 heteroatoms. The van der Waals surface area contributed by atoms with Crippen molar-refractivity contribution in [3.05, 3.63) is 29.8 Å². The monoisotopic (exact) mass is 260 g/mol. The van der Waals surface area contributed by atoms with Crippen LogP contribution >= 0.6 is 0 Å². The predicted octanol–water partition coefficient (Wildman–Crippen LogP) is 3.61. The number of para-hydroxylation sites is 1. The molecule has 1 aromatic rings. The normalized spacial score (nSPS) is 22.1. The fourth-order valence-corrected chi connectivity index (χ4v) is 2.99. The first-order valence-corrected chi connectivity index (χ1v) is 7.46. The van der Waals surface area contributed by atoms with Crippen molar-refractivity contribution < 1.29 is 0 Å². The van der Waals surface area contributed by atoms with Crippen LogP contribution in [0, 0.1) is 0 Å². The van der Waals surface area contributed by atoms with E-state index in [9.17, 15) is 0 Å². The van der Waals surface area contributed by atoms with Crippen molar-refractivity contribution in [3.63, 3.8) is 0 Å². The first kappa shape index (κ1) is 14.4. The molecule has 2 rings (SSSR count). The highest BCUT2D eigenvalue weighted by atomic mass is 15.2. The van der Waals surface area contributed by atoms with E-state index in [0.717, 1.165) is 19.5 Å². The van der Waals surface area contributed by atoms with Gasteiger partial charge in [0.05, 0.1) is 0 Å². The van der Waals surface area contributed by atoms with Gasteiger partial charge in [-0.25, -0.2) is 0 Å². The van der Waals surface area contributed by atoms with Gasteiger partial charge in [-0.05, 0) is 58.7 Å². The Labute approximate surface area is 118 Å². The number of hydrogen-bond donors (Lipinski definition) is 1. The Morgan fingerprint density at radius 2 is 1.84 bits per heavy atom. The lowest BCUT2D eigenvalue weighted by atomic mass is 9.95. The molecule has 19 heavy (non-hydrogen) atoms. The Morgan fingerprint density at radius 3 is 2.53 bits per heavy atom. The van der Waals surface area contributed by atoms with Gasteiger partial charge in [-0.1, -0.05) is 25.1 Å². The summed E-state index contributed by atoms with van der Waals surface area (Å²) in [6.45, 7) is 13.7. The van der Waals surface area contributed by atoms with Crippen molar-refractivity contribution in [1.82, 2.24) is 5.32 Å². The smallest absolute Gasteiger partial charge is 0.0403 e. The van der Waals surface area contributed by atoms with Gasteiger partial charge >= 0.3 is 0 Å². The van der Waals surface area contributed by atoms with Crippen LogP contribution in [0.2, 0.25) is 0 Å². The summed E-state index contributed by atoms with van der Waals surface area (Å²) < 4.78 is 0. The highest BCUT2D eigenvalue weighted by Crippen LogP contribution is 2.33. The molecule has 0 amide bonds. The van der Waals surface area contributed by atoms with E-state index < -0.39 is 0 Å². The van der Waals surface area contributed by atoms with E-state index in [1.807, 2.05) is 0 Å². The van der Waals surface area contributed by atoms with E-state index in [1.165, 1.54) is 17.7 Å².